The number of aliphatic hydroxyl groups is 2. The summed E-state index contributed by atoms with van der Waals surface area (Å²) >= 11 is 6.87. The minimum Gasteiger partial charge on any atom is -0.481 e. The van der Waals surface area contributed by atoms with Crippen LogP contribution in [0.2, 0.25) is 5.02 Å². The van der Waals surface area contributed by atoms with E-state index < -0.39 is 5.82 Å². The molecule has 2 heterocycles. The monoisotopic (exact) mass is 566 g/mol. The highest BCUT2D eigenvalue weighted by molar-refractivity contribution is 6.36. The molecule has 0 spiro atoms. The number of unbranched alkanes of at least 4 members (excludes halogenated alkanes) is 1. The van der Waals surface area contributed by atoms with Crippen molar-refractivity contribution < 1.29 is 24.1 Å². The summed E-state index contributed by atoms with van der Waals surface area (Å²) in [4.78, 5) is 13.5. The van der Waals surface area contributed by atoms with Crippen molar-refractivity contribution in [1.82, 2.24) is 20.3 Å². The van der Waals surface area contributed by atoms with Gasteiger partial charge < -0.3 is 25.0 Å². The topological polar surface area (TPSA) is 110 Å². The Morgan fingerprint density at radius 1 is 0.825 bits per heavy atom. The summed E-state index contributed by atoms with van der Waals surface area (Å²) in [5.41, 5.74) is 4.14. The zero-order chi connectivity index (χ0) is 28.5. The number of hydrogen-bond acceptors (Lipinski definition) is 8. The molecule has 0 radical (unpaired) electrons. The lowest BCUT2D eigenvalue weighted by Gasteiger charge is -2.14. The van der Waals surface area contributed by atoms with E-state index in [1.54, 1.807) is 31.4 Å². The summed E-state index contributed by atoms with van der Waals surface area (Å²) in [7, 11) is 3.04. The highest BCUT2D eigenvalue weighted by Gasteiger charge is 2.19. The van der Waals surface area contributed by atoms with E-state index in [9.17, 15) is 0 Å². The van der Waals surface area contributed by atoms with E-state index in [-0.39, 0.29) is 24.7 Å². The van der Waals surface area contributed by atoms with Gasteiger partial charge in [-0.25, -0.2) is 14.4 Å². The number of halogens is 2. The normalized spacial score (nSPS) is 11.1. The number of nitrogens with one attached hydrogen (secondary N) is 1. The number of aromatic nitrogens is 3. The molecule has 10 heteroatoms. The van der Waals surface area contributed by atoms with Crippen molar-refractivity contribution in [3.05, 3.63) is 76.8 Å². The Morgan fingerprint density at radius 2 is 1.52 bits per heavy atom. The minimum absolute atomic E-state index is 0.00404. The SMILES string of the molecule is COc1nc(-c2cccc(-c3cccc(-c4cnc(CNCCO)c(OC)n4)c3F)c2Cl)ccc1CCCCO. The predicted molar refractivity (Wildman–Crippen MR) is 153 cm³/mol. The van der Waals surface area contributed by atoms with Crippen molar-refractivity contribution in [2.45, 2.75) is 25.8 Å². The van der Waals surface area contributed by atoms with E-state index in [4.69, 9.17) is 31.3 Å². The van der Waals surface area contributed by atoms with Crippen LogP contribution in [0, 0.1) is 5.82 Å². The molecule has 0 aliphatic rings. The van der Waals surface area contributed by atoms with E-state index in [1.165, 1.54) is 13.3 Å². The number of aliphatic hydroxyl groups excluding tert-OH is 2. The van der Waals surface area contributed by atoms with Crippen molar-refractivity contribution in [2.24, 2.45) is 0 Å². The molecule has 0 atom stereocenters. The van der Waals surface area contributed by atoms with Crippen molar-refractivity contribution in [3.63, 3.8) is 0 Å². The summed E-state index contributed by atoms with van der Waals surface area (Å²) in [6.45, 7) is 0.892. The van der Waals surface area contributed by atoms with Gasteiger partial charge in [-0.3, -0.25) is 4.98 Å². The molecule has 0 fully saturated rings. The van der Waals surface area contributed by atoms with Gasteiger partial charge in [0.05, 0.1) is 43.4 Å². The van der Waals surface area contributed by atoms with Crippen molar-refractivity contribution in [1.29, 1.82) is 0 Å². The molecule has 0 amide bonds. The smallest absolute Gasteiger partial charge is 0.237 e. The lowest BCUT2D eigenvalue weighted by molar-refractivity contribution is 0.284. The first-order valence-electron chi connectivity index (χ1n) is 13.0. The number of aryl methyl sites for hydroxylation is 1. The summed E-state index contributed by atoms with van der Waals surface area (Å²) in [6.07, 6.45) is 3.75. The molecule has 0 unspecified atom stereocenters. The number of ether oxygens (including phenoxy) is 2. The minimum atomic E-state index is -0.492. The van der Waals surface area contributed by atoms with Crippen molar-refractivity contribution >= 4 is 11.6 Å². The molecule has 8 nitrogen and oxygen atoms in total. The highest BCUT2D eigenvalue weighted by atomic mass is 35.5. The average molecular weight is 567 g/mol. The Labute approximate surface area is 237 Å². The standard InChI is InChI=1S/C30H32ClFN4O4/c1-39-29-19(7-3-4-15-37)12-13-24(35-29)22-10-5-8-20(27(22)31)21-9-6-11-23(28(21)32)25-18-34-26(17-33-14-16-38)30(36-25)40-2/h5-6,8-13,18,33,37-38H,3-4,7,14-17H2,1-2H3. The number of pyridine rings is 1. The van der Waals surface area contributed by atoms with Gasteiger partial charge in [0.25, 0.3) is 0 Å². The van der Waals surface area contributed by atoms with Crippen LogP contribution >= 0.6 is 11.6 Å². The first kappa shape index (κ1) is 29.4. The maximum Gasteiger partial charge on any atom is 0.237 e. The van der Waals surface area contributed by atoms with Crippen LogP contribution in [0.4, 0.5) is 4.39 Å². The molecule has 40 heavy (non-hydrogen) atoms. The molecular formula is C30H32ClFN4O4. The first-order valence-corrected chi connectivity index (χ1v) is 13.3. The summed E-state index contributed by atoms with van der Waals surface area (Å²) in [5, 5.41) is 21.5. The van der Waals surface area contributed by atoms with Gasteiger partial charge in [-0.15, -0.1) is 0 Å². The second-order valence-corrected chi connectivity index (χ2v) is 9.37. The molecule has 0 aliphatic carbocycles. The molecule has 4 aromatic rings. The second kappa shape index (κ2) is 14.1. The lowest BCUT2D eigenvalue weighted by Crippen LogP contribution is -2.19. The third kappa shape index (κ3) is 6.56. The van der Waals surface area contributed by atoms with E-state index in [2.05, 4.69) is 20.3 Å². The largest absolute Gasteiger partial charge is 0.481 e. The molecular weight excluding hydrogens is 535 g/mol. The van der Waals surface area contributed by atoms with Crippen molar-refractivity contribution in [2.75, 3.05) is 34.0 Å². The summed E-state index contributed by atoms with van der Waals surface area (Å²) in [6, 6.07) is 14.3. The molecule has 2 aromatic carbocycles. The number of hydrogen-bond donors (Lipinski definition) is 3. The number of rotatable bonds is 13. The first-order chi connectivity index (χ1) is 19.5. The fourth-order valence-corrected chi connectivity index (χ4v) is 4.71. The Kier molecular flexibility index (Phi) is 10.4. The third-order valence-corrected chi connectivity index (χ3v) is 6.82. The van der Waals surface area contributed by atoms with Crippen LogP contribution in [-0.2, 0) is 13.0 Å². The molecule has 0 saturated heterocycles. The number of nitrogens with zero attached hydrogens (tertiary/aromatic N) is 3. The Bertz CT molecular complexity index is 1340. The summed E-state index contributed by atoms with van der Waals surface area (Å²) < 4.78 is 26.9. The van der Waals surface area contributed by atoms with E-state index in [1.807, 2.05) is 24.3 Å². The fourth-order valence-electron chi connectivity index (χ4n) is 4.39. The van der Waals surface area contributed by atoms with Gasteiger partial charge in [0, 0.05) is 47.5 Å². The highest BCUT2D eigenvalue weighted by Crippen LogP contribution is 2.39. The third-order valence-electron chi connectivity index (χ3n) is 6.41. The Morgan fingerprint density at radius 3 is 2.25 bits per heavy atom. The van der Waals surface area contributed by atoms with E-state index in [0.29, 0.717) is 64.2 Å². The second-order valence-electron chi connectivity index (χ2n) is 8.99. The molecule has 0 bridgehead atoms. The molecule has 4 rings (SSSR count). The zero-order valence-corrected chi connectivity index (χ0v) is 23.2. The van der Waals surface area contributed by atoms with Gasteiger partial charge in [-0.2, -0.15) is 0 Å². The Hall–Kier alpha value is -3.63. The van der Waals surface area contributed by atoms with Crippen LogP contribution < -0.4 is 14.8 Å². The molecule has 2 aromatic heterocycles. The maximum absolute atomic E-state index is 16.0. The van der Waals surface area contributed by atoms with Gasteiger partial charge in [0.15, 0.2) is 0 Å². The molecule has 0 saturated carbocycles. The molecule has 210 valence electrons. The van der Waals surface area contributed by atoms with Crippen LogP contribution in [0.5, 0.6) is 11.8 Å². The number of methoxy groups -OCH3 is 2. The van der Waals surface area contributed by atoms with Crippen LogP contribution in [-0.4, -0.2) is 59.1 Å². The van der Waals surface area contributed by atoms with Gasteiger partial charge in [0.2, 0.25) is 11.8 Å². The van der Waals surface area contributed by atoms with E-state index >= 15 is 4.39 Å². The molecule has 3 N–H and O–H groups in total. The molecule has 0 aliphatic heterocycles. The van der Waals surface area contributed by atoms with Crippen molar-refractivity contribution in [3.8, 4) is 45.4 Å². The average Bonchev–Trinajstić information content (AvgIpc) is 2.98. The van der Waals surface area contributed by atoms with Crippen LogP contribution in [0.3, 0.4) is 0 Å². The predicted octanol–water partition coefficient (Wildman–Crippen LogP) is 5.08. The van der Waals surface area contributed by atoms with Crippen LogP contribution in [0.1, 0.15) is 24.1 Å². The van der Waals surface area contributed by atoms with Gasteiger partial charge in [-0.05, 0) is 31.4 Å². The van der Waals surface area contributed by atoms with Gasteiger partial charge >= 0.3 is 0 Å². The lowest BCUT2D eigenvalue weighted by atomic mass is 9.97. The fraction of sp³-hybridized carbons (Fsp3) is 0.300. The van der Waals surface area contributed by atoms with Gasteiger partial charge in [-0.1, -0.05) is 48.0 Å². The van der Waals surface area contributed by atoms with Crippen LogP contribution in [0.15, 0.2) is 54.7 Å². The quantitative estimate of drug-likeness (QED) is 0.192. The zero-order valence-electron chi connectivity index (χ0n) is 22.5. The Balaban J connectivity index is 1.69. The van der Waals surface area contributed by atoms with Crippen LogP contribution in [0.25, 0.3) is 33.6 Å². The summed E-state index contributed by atoms with van der Waals surface area (Å²) in [5.74, 6) is 0.272. The maximum atomic E-state index is 16.0. The van der Waals surface area contributed by atoms with E-state index in [0.717, 1.165) is 18.4 Å². The number of benzene rings is 2. The van der Waals surface area contributed by atoms with Gasteiger partial charge in [0.1, 0.15) is 11.5 Å².